The van der Waals surface area contributed by atoms with Gasteiger partial charge in [0.2, 0.25) is 0 Å². The predicted octanol–water partition coefficient (Wildman–Crippen LogP) is 4.56. The molecule has 4 heteroatoms. The van der Waals surface area contributed by atoms with E-state index in [-0.39, 0.29) is 11.6 Å². The number of nitrogens with zero attached hydrogens (tertiary/aromatic N) is 1. The SMILES string of the molecule is CC/C=C\C(F)=C(/C)C(=NC/C=C(\C)N)c1ccc(C)cc1O. The van der Waals surface area contributed by atoms with Gasteiger partial charge in [0.15, 0.2) is 0 Å². The van der Waals surface area contributed by atoms with Crippen molar-refractivity contribution in [3.63, 3.8) is 0 Å². The first-order valence-corrected chi connectivity index (χ1v) is 7.66. The lowest BCUT2D eigenvalue weighted by molar-refractivity contribution is 0.473. The summed E-state index contributed by atoms with van der Waals surface area (Å²) < 4.78 is 14.3. The van der Waals surface area contributed by atoms with Crippen LogP contribution in [0.4, 0.5) is 4.39 Å². The molecule has 3 N–H and O–H groups in total. The number of hydrogen-bond donors (Lipinski definition) is 2. The third-order valence-corrected chi connectivity index (χ3v) is 3.28. The standard InChI is InChI=1S/C19H25FN2O/c1-5-6-7-17(20)15(4)19(22-11-10-14(3)21)16-9-8-13(2)12-18(16)23/h6-10,12,23H,5,11,21H2,1-4H3/b7-6-,14-10+,17-15-,22-19?. The first kappa shape index (κ1) is 18.7. The minimum absolute atomic E-state index is 0.0869. The van der Waals surface area contributed by atoms with Crippen LogP contribution >= 0.6 is 0 Å². The van der Waals surface area contributed by atoms with Crippen LogP contribution in [0.15, 0.2) is 58.5 Å². The van der Waals surface area contributed by atoms with Gasteiger partial charge in [0.25, 0.3) is 0 Å². The van der Waals surface area contributed by atoms with Crippen molar-refractivity contribution in [2.24, 2.45) is 10.7 Å². The molecule has 3 nitrogen and oxygen atoms in total. The topological polar surface area (TPSA) is 58.6 Å². The Morgan fingerprint density at radius 3 is 2.61 bits per heavy atom. The predicted molar refractivity (Wildman–Crippen MR) is 95.4 cm³/mol. The van der Waals surface area contributed by atoms with E-state index in [0.29, 0.717) is 29.1 Å². The zero-order valence-electron chi connectivity index (χ0n) is 14.2. The molecule has 0 unspecified atom stereocenters. The number of aryl methyl sites for hydroxylation is 1. The molecule has 0 aliphatic carbocycles. The lowest BCUT2D eigenvalue weighted by Crippen LogP contribution is -2.06. The monoisotopic (exact) mass is 316 g/mol. The Morgan fingerprint density at radius 1 is 1.35 bits per heavy atom. The van der Waals surface area contributed by atoms with Gasteiger partial charge in [0, 0.05) is 16.8 Å². The highest BCUT2D eigenvalue weighted by Gasteiger charge is 2.14. The number of aromatic hydroxyl groups is 1. The Morgan fingerprint density at radius 2 is 2.04 bits per heavy atom. The zero-order chi connectivity index (χ0) is 17.4. The molecule has 0 aromatic heterocycles. The molecule has 0 aliphatic heterocycles. The van der Waals surface area contributed by atoms with Crippen LogP contribution in [0.25, 0.3) is 0 Å². The minimum Gasteiger partial charge on any atom is -0.507 e. The Labute approximate surface area is 137 Å². The van der Waals surface area contributed by atoms with E-state index in [0.717, 1.165) is 12.0 Å². The zero-order valence-corrected chi connectivity index (χ0v) is 14.2. The summed E-state index contributed by atoms with van der Waals surface area (Å²) in [6.45, 7) is 7.58. The summed E-state index contributed by atoms with van der Waals surface area (Å²) in [5, 5.41) is 10.2. The van der Waals surface area contributed by atoms with Gasteiger partial charge in [-0.1, -0.05) is 19.1 Å². The second-order valence-corrected chi connectivity index (χ2v) is 5.44. The lowest BCUT2D eigenvalue weighted by Gasteiger charge is -2.11. The molecular formula is C19H25FN2O. The van der Waals surface area contributed by atoms with Crippen molar-refractivity contribution in [1.82, 2.24) is 0 Å². The van der Waals surface area contributed by atoms with Gasteiger partial charge in [-0.25, -0.2) is 4.39 Å². The van der Waals surface area contributed by atoms with Gasteiger partial charge in [-0.3, -0.25) is 4.99 Å². The number of nitrogens with two attached hydrogens (primary N) is 1. The number of hydrogen-bond acceptors (Lipinski definition) is 3. The summed E-state index contributed by atoms with van der Waals surface area (Å²) in [7, 11) is 0. The van der Waals surface area contributed by atoms with E-state index in [1.54, 1.807) is 38.1 Å². The highest BCUT2D eigenvalue weighted by atomic mass is 19.1. The van der Waals surface area contributed by atoms with Gasteiger partial charge < -0.3 is 10.8 Å². The third-order valence-electron chi connectivity index (χ3n) is 3.28. The molecule has 0 radical (unpaired) electrons. The lowest BCUT2D eigenvalue weighted by atomic mass is 10.00. The third kappa shape index (κ3) is 5.74. The van der Waals surface area contributed by atoms with Crippen LogP contribution in [0.5, 0.6) is 5.75 Å². The van der Waals surface area contributed by atoms with E-state index in [1.807, 2.05) is 19.9 Å². The first-order chi connectivity index (χ1) is 10.9. The van der Waals surface area contributed by atoms with Crippen LogP contribution in [0.3, 0.4) is 0 Å². The maximum atomic E-state index is 14.3. The first-order valence-electron chi connectivity index (χ1n) is 7.66. The fourth-order valence-corrected chi connectivity index (χ4v) is 1.99. The molecular weight excluding hydrogens is 291 g/mol. The number of halogens is 1. The highest BCUT2D eigenvalue weighted by Crippen LogP contribution is 2.24. The highest BCUT2D eigenvalue weighted by molar-refractivity contribution is 6.14. The van der Waals surface area contributed by atoms with E-state index >= 15 is 0 Å². The largest absolute Gasteiger partial charge is 0.507 e. The molecule has 23 heavy (non-hydrogen) atoms. The van der Waals surface area contributed by atoms with Crippen molar-refractivity contribution in [2.75, 3.05) is 6.54 Å². The summed E-state index contributed by atoms with van der Waals surface area (Å²) in [6, 6.07) is 5.26. The second-order valence-electron chi connectivity index (χ2n) is 5.44. The second kappa shape index (κ2) is 8.93. The van der Waals surface area contributed by atoms with Crippen molar-refractivity contribution in [3.8, 4) is 5.75 Å². The molecule has 0 spiro atoms. The molecule has 0 saturated carbocycles. The summed E-state index contributed by atoms with van der Waals surface area (Å²) in [4.78, 5) is 4.42. The van der Waals surface area contributed by atoms with E-state index in [1.165, 1.54) is 6.08 Å². The molecule has 1 aromatic carbocycles. The van der Waals surface area contributed by atoms with Gasteiger partial charge >= 0.3 is 0 Å². The number of phenols is 1. The molecule has 0 amide bonds. The molecule has 0 heterocycles. The number of allylic oxidation sites excluding steroid dienone is 5. The smallest absolute Gasteiger partial charge is 0.127 e. The van der Waals surface area contributed by atoms with Crippen LogP contribution in [0, 0.1) is 6.92 Å². The van der Waals surface area contributed by atoms with Crippen molar-refractivity contribution < 1.29 is 9.50 Å². The summed E-state index contributed by atoms with van der Waals surface area (Å²) >= 11 is 0. The Kier molecular flexibility index (Phi) is 7.26. The molecule has 1 rings (SSSR count). The summed E-state index contributed by atoms with van der Waals surface area (Å²) in [5.41, 5.74) is 8.51. The van der Waals surface area contributed by atoms with E-state index in [2.05, 4.69) is 4.99 Å². The van der Waals surface area contributed by atoms with Gasteiger partial charge in [-0.05, 0) is 57.0 Å². The molecule has 124 valence electrons. The molecule has 0 saturated heterocycles. The Bertz CT molecular complexity index is 666. The van der Waals surface area contributed by atoms with Crippen molar-refractivity contribution >= 4 is 5.71 Å². The van der Waals surface area contributed by atoms with Gasteiger partial charge in [-0.15, -0.1) is 0 Å². The minimum atomic E-state index is -0.362. The quantitative estimate of drug-likeness (QED) is 0.597. The maximum Gasteiger partial charge on any atom is 0.127 e. The Hall–Kier alpha value is -2.36. The maximum absolute atomic E-state index is 14.3. The molecule has 0 fully saturated rings. The van der Waals surface area contributed by atoms with Gasteiger partial charge in [0.1, 0.15) is 11.6 Å². The number of phenolic OH excluding ortho intramolecular Hbond substituents is 1. The van der Waals surface area contributed by atoms with E-state index in [4.69, 9.17) is 5.73 Å². The van der Waals surface area contributed by atoms with Crippen LogP contribution in [0.2, 0.25) is 0 Å². The molecule has 0 aliphatic rings. The van der Waals surface area contributed by atoms with Gasteiger partial charge in [0.05, 0.1) is 12.3 Å². The molecule has 1 aromatic rings. The fourth-order valence-electron chi connectivity index (χ4n) is 1.99. The average Bonchev–Trinajstić information content (AvgIpc) is 2.49. The number of aliphatic imine (C=N–C) groups is 1. The fraction of sp³-hybridized carbons (Fsp3) is 0.316. The summed E-state index contributed by atoms with van der Waals surface area (Å²) in [5.74, 6) is -0.275. The van der Waals surface area contributed by atoms with Crippen molar-refractivity contribution in [1.29, 1.82) is 0 Å². The van der Waals surface area contributed by atoms with Crippen molar-refractivity contribution in [3.05, 3.63) is 64.7 Å². The molecule has 0 bridgehead atoms. The summed E-state index contributed by atoms with van der Waals surface area (Å²) in [6.07, 6.45) is 5.67. The van der Waals surface area contributed by atoms with Gasteiger partial charge in [-0.2, -0.15) is 0 Å². The average molecular weight is 316 g/mol. The van der Waals surface area contributed by atoms with Crippen molar-refractivity contribution in [2.45, 2.75) is 34.1 Å². The Balaban J connectivity index is 3.37. The van der Waals surface area contributed by atoms with E-state index < -0.39 is 0 Å². The van der Waals surface area contributed by atoms with Crippen LogP contribution < -0.4 is 5.73 Å². The van der Waals surface area contributed by atoms with Crippen LogP contribution in [-0.4, -0.2) is 17.4 Å². The van der Waals surface area contributed by atoms with Crippen LogP contribution in [-0.2, 0) is 0 Å². The van der Waals surface area contributed by atoms with E-state index in [9.17, 15) is 9.50 Å². The normalized spacial score (nSPS) is 14.3. The number of benzene rings is 1. The van der Waals surface area contributed by atoms with Crippen LogP contribution in [0.1, 0.15) is 38.3 Å². The molecule has 0 atom stereocenters. The number of rotatable bonds is 6.